The number of aliphatic imine (C=N–C) groups is 1. The summed E-state index contributed by atoms with van der Waals surface area (Å²) in [5.74, 6) is -0.977. The first-order valence-corrected chi connectivity index (χ1v) is 6.86. The molecule has 1 aliphatic rings. The smallest absolute Gasteiger partial charge is 0.317 e. The summed E-state index contributed by atoms with van der Waals surface area (Å²) in [6, 6.07) is 7.42. The summed E-state index contributed by atoms with van der Waals surface area (Å²) >= 11 is 6.24. The molecule has 0 spiro atoms. The number of nitrogens with zero attached hydrogens (tertiary/aromatic N) is 1. The lowest BCUT2D eigenvalue weighted by molar-refractivity contribution is -0.145. The lowest BCUT2D eigenvalue weighted by Gasteiger charge is -2.27. The maximum Gasteiger partial charge on any atom is 0.317 e. The molecule has 0 saturated carbocycles. The molecule has 2 unspecified atom stereocenters. The van der Waals surface area contributed by atoms with Crippen molar-refractivity contribution >= 4 is 23.4 Å². The van der Waals surface area contributed by atoms with Crippen molar-refractivity contribution in [3.63, 3.8) is 0 Å². The van der Waals surface area contributed by atoms with Crippen molar-refractivity contribution in [3.8, 4) is 0 Å². The minimum Gasteiger partial charge on any atom is -0.465 e. The minimum atomic E-state index is -0.626. The van der Waals surface area contributed by atoms with Crippen LogP contribution in [0.25, 0.3) is 0 Å². The van der Waals surface area contributed by atoms with Crippen LogP contribution in [0.15, 0.2) is 41.0 Å². The van der Waals surface area contributed by atoms with Crippen molar-refractivity contribution in [2.75, 3.05) is 6.61 Å². The van der Waals surface area contributed by atoms with E-state index in [1.165, 1.54) is 0 Å². The number of hydrogen-bond acceptors (Lipinski definition) is 4. The highest BCUT2D eigenvalue weighted by Gasteiger charge is 2.36. The number of halogens is 1. The highest BCUT2D eigenvalue weighted by atomic mass is 35.5. The van der Waals surface area contributed by atoms with Crippen LogP contribution < -0.4 is 5.73 Å². The Hall–Kier alpha value is -1.81. The summed E-state index contributed by atoms with van der Waals surface area (Å²) in [7, 11) is 0. The van der Waals surface area contributed by atoms with Crippen molar-refractivity contribution in [2.24, 2.45) is 16.6 Å². The van der Waals surface area contributed by atoms with Crippen LogP contribution in [0.2, 0.25) is 5.02 Å². The number of ether oxygens (including phenoxy) is 1. The SMILES string of the molecule is CCOC(=O)C1C(N)=NC(C)=CC1c1ccccc1Cl. The predicted molar refractivity (Wildman–Crippen MR) is 79.7 cm³/mol. The van der Waals surface area contributed by atoms with Gasteiger partial charge in [0.05, 0.1) is 6.61 Å². The second kappa shape index (κ2) is 6.09. The summed E-state index contributed by atoms with van der Waals surface area (Å²) in [4.78, 5) is 16.3. The highest BCUT2D eigenvalue weighted by Crippen LogP contribution is 2.35. The average Bonchev–Trinajstić information content (AvgIpc) is 2.38. The third-order valence-electron chi connectivity index (χ3n) is 3.21. The van der Waals surface area contributed by atoms with Crippen LogP contribution >= 0.6 is 11.6 Å². The van der Waals surface area contributed by atoms with E-state index in [0.717, 1.165) is 11.3 Å². The molecule has 1 heterocycles. The van der Waals surface area contributed by atoms with E-state index in [9.17, 15) is 4.79 Å². The Balaban J connectivity index is 2.44. The van der Waals surface area contributed by atoms with Crippen LogP contribution in [0.1, 0.15) is 25.3 Å². The zero-order chi connectivity index (χ0) is 14.7. The minimum absolute atomic E-state index is 0.250. The van der Waals surface area contributed by atoms with Crippen molar-refractivity contribution < 1.29 is 9.53 Å². The van der Waals surface area contributed by atoms with Gasteiger partial charge in [-0.15, -0.1) is 0 Å². The van der Waals surface area contributed by atoms with Gasteiger partial charge in [-0.1, -0.05) is 35.9 Å². The maximum atomic E-state index is 12.2. The molecule has 5 heteroatoms. The van der Waals surface area contributed by atoms with Crippen LogP contribution in [0.4, 0.5) is 0 Å². The van der Waals surface area contributed by atoms with Crippen LogP contribution in [0, 0.1) is 5.92 Å². The van der Waals surface area contributed by atoms with E-state index >= 15 is 0 Å². The number of esters is 1. The normalized spacial score (nSPS) is 21.9. The fourth-order valence-corrected chi connectivity index (χ4v) is 2.63. The molecule has 4 nitrogen and oxygen atoms in total. The van der Waals surface area contributed by atoms with Gasteiger partial charge in [-0.3, -0.25) is 4.79 Å². The fourth-order valence-electron chi connectivity index (χ4n) is 2.36. The van der Waals surface area contributed by atoms with E-state index in [4.69, 9.17) is 22.1 Å². The zero-order valence-corrected chi connectivity index (χ0v) is 12.2. The lowest BCUT2D eigenvalue weighted by Crippen LogP contribution is -2.38. The Labute approximate surface area is 123 Å². The van der Waals surface area contributed by atoms with E-state index in [1.54, 1.807) is 13.0 Å². The van der Waals surface area contributed by atoms with Gasteiger partial charge in [0.1, 0.15) is 11.8 Å². The molecular formula is C15H17ClN2O2. The zero-order valence-electron chi connectivity index (χ0n) is 11.5. The Morgan fingerprint density at radius 3 is 2.80 bits per heavy atom. The molecule has 0 aliphatic carbocycles. The Kier molecular flexibility index (Phi) is 4.45. The largest absolute Gasteiger partial charge is 0.465 e. The van der Waals surface area contributed by atoms with E-state index in [1.807, 2.05) is 31.2 Å². The number of rotatable bonds is 3. The molecular weight excluding hydrogens is 276 g/mol. The summed E-state index contributed by atoms with van der Waals surface area (Å²) < 4.78 is 5.11. The van der Waals surface area contributed by atoms with Crippen molar-refractivity contribution in [1.29, 1.82) is 0 Å². The van der Waals surface area contributed by atoms with Crippen LogP contribution in [0.5, 0.6) is 0 Å². The van der Waals surface area contributed by atoms with Gasteiger partial charge < -0.3 is 10.5 Å². The molecule has 2 atom stereocenters. The molecule has 1 aromatic carbocycles. The molecule has 1 aliphatic heterocycles. The van der Waals surface area contributed by atoms with E-state index in [2.05, 4.69) is 4.99 Å². The molecule has 0 saturated heterocycles. The first-order valence-electron chi connectivity index (χ1n) is 6.48. The number of carbonyl (C=O) groups is 1. The molecule has 0 aromatic heterocycles. The van der Waals surface area contributed by atoms with E-state index in [0.29, 0.717) is 11.6 Å². The van der Waals surface area contributed by atoms with Gasteiger partial charge in [-0.05, 0) is 25.5 Å². The highest BCUT2D eigenvalue weighted by molar-refractivity contribution is 6.31. The van der Waals surface area contributed by atoms with Crippen molar-refractivity contribution in [1.82, 2.24) is 0 Å². The van der Waals surface area contributed by atoms with Gasteiger partial charge in [0, 0.05) is 16.6 Å². The maximum absolute atomic E-state index is 12.2. The molecule has 0 bridgehead atoms. The quantitative estimate of drug-likeness (QED) is 0.871. The lowest BCUT2D eigenvalue weighted by atomic mass is 9.83. The number of benzene rings is 1. The molecule has 0 fully saturated rings. The molecule has 20 heavy (non-hydrogen) atoms. The number of amidine groups is 1. The topological polar surface area (TPSA) is 64.7 Å². The van der Waals surface area contributed by atoms with E-state index in [-0.39, 0.29) is 17.7 Å². The van der Waals surface area contributed by atoms with Gasteiger partial charge in [0.15, 0.2) is 0 Å². The van der Waals surface area contributed by atoms with Crippen molar-refractivity contribution in [2.45, 2.75) is 19.8 Å². The number of hydrogen-bond donors (Lipinski definition) is 1. The molecule has 2 rings (SSSR count). The third-order valence-corrected chi connectivity index (χ3v) is 3.55. The standard InChI is InChI=1S/C15H17ClN2O2/c1-3-20-15(19)13-11(8-9(2)18-14(13)17)10-6-4-5-7-12(10)16/h4-8,11,13H,3H2,1-2H3,(H2,17,18). The molecule has 106 valence electrons. The number of carbonyl (C=O) groups excluding carboxylic acids is 1. The monoisotopic (exact) mass is 292 g/mol. The average molecular weight is 293 g/mol. The Morgan fingerprint density at radius 1 is 1.45 bits per heavy atom. The van der Waals surface area contributed by atoms with Crippen LogP contribution in [-0.4, -0.2) is 18.4 Å². The van der Waals surface area contributed by atoms with Crippen molar-refractivity contribution in [3.05, 3.63) is 46.6 Å². The Bertz CT molecular complexity index is 581. The summed E-state index contributed by atoms with van der Waals surface area (Å²) in [6.07, 6.45) is 1.90. The van der Waals surface area contributed by atoms with Gasteiger partial charge in [-0.2, -0.15) is 0 Å². The molecule has 0 radical (unpaired) electrons. The fraction of sp³-hybridized carbons (Fsp3) is 0.333. The summed E-state index contributed by atoms with van der Waals surface area (Å²) in [5, 5.41) is 0.602. The van der Waals surface area contributed by atoms with Gasteiger partial charge in [-0.25, -0.2) is 4.99 Å². The Morgan fingerprint density at radius 2 is 2.15 bits per heavy atom. The first kappa shape index (κ1) is 14.6. The van der Waals surface area contributed by atoms with Gasteiger partial charge >= 0.3 is 5.97 Å². The molecule has 1 aromatic rings. The third kappa shape index (κ3) is 2.85. The molecule has 0 amide bonds. The number of nitrogens with two attached hydrogens (primary N) is 1. The second-order valence-corrected chi connectivity index (χ2v) is 5.03. The van der Waals surface area contributed by atoms with Crippen LogP contribution in [0.3, 0.4) is 0 Å². The summed E-state index contributed by atoms with van der Waals surface area (Å²) in [6.45, 7) is 3.91. The van der Waals surface area contributed by atoms with Gasteiger partial charge in [0.2, 0.25) is 0 Å². The van der Waals surface area contributed by atoms with Crippen LogP contribution in [-0.2, 0) is 9.53 Å². The first-order chi connectivity index (χ1) is 9.54. The second-order valence-electron chi connectivity index (χ2n) is 4.62. The number of allylic oxidation sites excluding steroid dienone is 2. The van der Waals surface area contributed by atoms with E-state index < -0.39 is 5.92 Å². The van der Waals surface area contributed by atoms with Gasteiger partial charge in [0.25, 0.3) is 0 Å². The summed E-state index contributed by atoms with van der Waals surface area (Å²) in [5.41, 5.74) is 7.57. The molecule has 2 N–H and O–H groups in total. The predicted octanol–water partition coefficient (Wildman–Crippen LogP) is 2.88.